The van der Waals surface area contributed by atoms with Gasteiger partial charge in [-0.15, -0.1) is 0 Å². The predicted molar refractivity (Wildman–Crippen MR) is 75.1 cm³/mol. The summed E-state index contributed by atoms with van der Waals surface area (Å²) in [7, 11) is 1.70. The van der Waals surface area contributed by atoms with Crippen molar-refractivity contribution >= 4 is 0 Å². The van der Waals surface area contributed by atoms with Crippen LogP contribution in [0.4, 0.5) is 0 Å². The van der Waals surface area contributed by atoms with Crippen LogP contribution in [0, 0.1) is 6.92 Å². The molecule has 0 aliphatic carbocycles. The standard InChI is InChI=1S/C15H25NO2/c1-4-18-9-5-6-14(16)11-13-10-12(2)7-8-15(13)17-3/h7-8,10,14H,4-6,9,11,16H2,1-3H3. The van der Waals surface area contributed by atoms with Gasteiger partial charge in [0.15, 0.2) is 0 Å². The molecule has 0 amide bonds. The molecule has 1 aromatic carbocycles. The summed E-state index contributed by atoms with van der Waals surface area (Å²) in [5.74, 6) is 0.931. The van der Waals surface area contributed by atoms with Crippen LogP contribution in [-0.2, 0) is 11.2 Å². The number of ether oxygens (including phenoxy) is 2. The minimum Gasteiger partial charge on any atom is -0.496 e. The van der Waals surface area contributed by atoms with Crippen LogP contribution in [-0.4, -0.2) is 26.4 Å². The molecule has 0 bridgehead atoms. The highest BCUT2D eigenvalue weighted by Gasteiger charge is 2.09. The second kappa shape index (κ2) is 8.11. The number of nitrogens with two attached hydrogens (primary N) is 1. The van der Waals surface area contributed by atoms with Gasteiger partial charge >= 0.3 is 0 Å². The Balaban J connectivity index is 2.47. The van der Waals surface area contributed by atoms with E-state index < -0.39 is 0 Å². The summed E-state index contributed by atoms with van der Waals surface area (Å²) in [6, 6.07) is 6.39. The molecule has 102 valence electrons. The molecule has 0 radical (unpaired) electrons. The average molecular weight is 251 g/mol. The molecule has 0 aliphatic heterocycles. The smallest absolute Gasteiger partial charge is 0.122 e. The zero-order chi connectivity index (χ0) is 13.4. The lowest BCUT2D eigenvalue weighted by Gasteiger charge is -2.15. The summed E-state index contributed by atoms with van der Waals surface area (Å²) in [5, 5.41) is 0. The van der Waals surface area contributed by atoms with Crippen molar-refractivity contribution in [2.45, 2.75) is 39.2 Å². The van der Waals surface area contributed by atoms with Crippen LogP contribution in [0.15, 0.2) is 18.2 Å². The number of rotatable bonds is 8. The van der Waals surface area contributed by atoms with E-state index in [0.29, 0.717) is 0 Å². The van der Waals surface area contributed by atoms with Crippen LogP contribution in [0.3, 0.4) is 0 Å². The van der Waals surface area contributed by atoms with Gasteiger partial charge in [-0.05, 0) is 44.7 Å². The highest BCUT2D eigenvalue weighted by atomic mass is 16.5. The zero-order valence-electron chi connectivity index (χ0n) is 11.7. The van der Waals surface area contributed by atoms with Crippen LogP contribution < -0.4 is 10.5 Å². The lowest BCUT2D eigenvalue weighted by molar-refractivity contribution is 0.142. The molecule has 3 heteroatoms. The normalized spacial score (nSPS) is 12.4. The van der Waals surface area contributed by atoms with Gasteiger partial charge < -0.3 is 15.2 Å². The fraction of sp³-hybridized carbons (Fsp3) is 0.600. The summed E-state index contributed by atoms with van der Waals surface area (Å²) in [4.78, 5) is 0. The Morgan fingerprint density at radius 1 is 1.33 bits per heavy atom. The van der Waals surface area contributed by atoms with Crippen molar-refractivity contribution in [3.63, 3.8) is 0 Å². The summed E-state index contributed by atoms with van der Waals surface area (Å²) in [5.41, 5.74) is 8.59. The monoisotopic (exact) mass is 251 g/mol. The first-order valence-corrected chi connectivity index (χ1v) is 6.64. The third-order valence-corrected chi connectivity index (χ3v) is 2.99. The van der Waals surface area contributed by atoms with Gasteiger partial charge in [-0.2, -0.15) is 0 Å². The Morgan fingerprint density at radius 2 is 2.11 bits per heavy atom. The number of aryl methyl sites for hydroxylation is 1. The molecule has 0 spiro atoms. The van der Waals surface area contributed by atoms with Crippen LogP contribution in [0.5, 0.6) is 5.75 Å². The molecule has 2 N–H and O–H groups in total. The van der Waals surface area contributed by atoms with Crippen molar-refractivity contribution in [3.05, 3.63) is 29.3 Å². The second-order valence-corrected chi connectivity index (χ2v) is 4.62. The topological polar surface area (TPSA) is 44.5 Å². The highest BCUT2D eigenvalue weighted by molar-refractivity contribution is 5.37. The zero-order valence-corrected chi connectivity index (χ0v) is 11.7. The van der Waals surface area contributed by atoms with E-state index in [2.05, 4.69) is 19.1 Å². The van der Waals surface area contributed by atoms with E-state index in [4.69, 9.17) is 15.2 Å². The SMILES string of the molecule is CCOCCCC(N)Cc1cc(C)ccc1OC. The van der Waals surface area contributed by atoms with Crippen LogP contribution >= 0.6 is 0 Å². The minimum absolute atomic E-state index is 0.168. The summed E-state index contributed by atoms with van der Waals surface area (Å²) in [6.07, 6.45) is 2.86. The van der Waals surface area contributed by atoms with E-state index in [1.54, 1.807) is 7.11 Å². The van der Waals surface area contributed by atoms with Crippen LogP contribution in [0.25, 0.3) is 0 Å². The number of hydrogen-bond donors (Lipinski definition) is 1. The highest BCUT2D eigenvalue weighted by Crippen LogP contribution is 2.21. The molecule has 3 nitrogen and oxygen atoms in total. The molecule has 1 unspecified atom stereocenters. The Hall–Kier alpha value is -1.06. The van der Waals surface area contributed by atoms with Crippen LogP contribution in [0.2, 0.25) is 0 Å². The molecule has 1 rings (SSSR count). The molecule has 0 saturated heterocycles. The van der Waals surface area contributed by atoms with Gasteiger partial charge in [0.2, 0.25) is 0 Å². The molecule has 0 saturated carbocycles. The summed E-state index contributed by atoms with van der Waals surface area (Å²) in [6.45, 7) is 5.68. The van der Waals surface area contributed by atoms with Gasteiger partial charge in [0.1, 0.15) is 5.75 Å². The van der Waals surface area contributed by atoms with E-state index in [0.717, 1.165) is 38.2 Å². The van der Waals surface area contributed by atoms with Crippen molar-refractivity contribution in [3.8, 4) is 5.75 Å². The number of hydrogen-bond acceptors (Lipinski definition) is 3. The quantitative estimate of drug-likeness (QED) is 0.722. The minimum atomic E-state index is 0.168. The Morgan fingerprint density at radius 3 is 2.78 bits per heavy atom. The molecule has 0 aromatic heterocycles. The molecular weight excluding hydrogens is 226 g/mol. The molecule has 0 heterocycles. The van der Waals surface area contributed by atoms with E-state index in [1.807, 2.05) is 13.0 Å². The van der Waals surface area contributed by atoms with Gasteiger partial charge in [-0.1, -0.05) is 17.7 Å². The molecule has 1 atom stereocenters. The molecule has 18 heavy (non-hydrogen) atoms. The van der Waals surface area contributed by atoms with Crippen molar-refractivity contribution in [2.75, 3.05) is 20.3 Å². The van der Waals surface area contributed by atoms with Gasteiger partial charge in [-0.3, -0.25) is 0 Å². The molecule has 0 aliphatic rings. The summed E-state index contributed by atoms with van der Waals surface area (Å²) < 4.78 is 10.7. The van der Waals surface area contributed by atoms with Crippen molar-refractivity contribution < 1.29 is 9.47 Å². The molecule has 0 fully saturated rings. The lowest BCUT2D eigenvalue weighted by atomic mass is 10.0. The Labute approximate surface area is 110 Å². The molecule has 1 aromatic rings. The Kier molecular flexibility index (Phi) is 6.76. The maximum atomic E-state index is 6.15. The first-order chi connectivity index (χ1) is 8.67. The fourth-order valence-electron chi connectivity index (χ4n) is 2.04. The predicted octanol–water partition coefficient (Wildman–Crippen LogP) is 2.69. The fourth-order valence-corrected chi connectivity index (χ4v) is 2.04. The third-order valence-electron chi connectivity index (χ3n) is 2.99. The van der Waals surface area contributed by atoms with Crippen molar-refractivity contribution in [1.29, 1.82) is 0 Å². The average Bonchev–Trinajstić information content (AvgIpc) is 2.35. The van der Waals surface area contributed by atoms with Crippen molar-refractivity contribution in [1.82, 2.24) is 0 Å². The molecular formula is C15H25NO2. The van der Waals surface area contributed by atoms with E-state index in [-0.39, 0.29) is 6.04 Å². The van der Waals surface area contributed by atoms with Crippen LogP contribution in [0.1, 0.15) is 30.9 Å². The van der Waals surface area contributed by atoms with Gasteiger partial charge in [0, 0.05) is 19.3 Å². The largest absolute Gasteiger partial charge is 0.496 e. The third kappa shape index (κ3) is 5.07. The van der Waals surface area contributed by atoms with Crippen molar-refractivity contribution in [2.24, 2.45) is 5.73 Å². The summed E-state index contributed by atoms with van der Waals surface area (Å²) >= 11 is 0. The van der Waals surface area contributed by atoms with E-state index >= 15 is 0 Å². The van der Waals surface area contributed by atoms with E-state index in [1.165, 1.54) is 11.1 Å². The first kappa shape index (κ1) is 15.0. The second-order valence-electron chi connectivity index (χ2n) is 4.62. The van der Waals surface area contributed by atoms with Gasteiger partial charge in [0.05, 0.1) is 7.11 Å². The maximum absolute atomic E-state index is 6.15. The number of methoxy groups -OCH3 is 1. The maximum Gasteiger partial charge on any atom is 0.122 e. The first-order valence-electron chi connectivity index (χ1n) is 6.64. The van der Waals surface area contributed by atoms with Gasteiger partial charge in [0.25, 0.3) is 0 Å². The number of benzene rings is 1. The lowest BCUT2D eigenvalue weighted by Crippen LogP contribution is -2.23. The van der Waals surface area contributed by atoms with Gasteiger partial charge in [-0.25, -0.2) is 0 Å². The van der Waals surface area contributed by atoms with E-state index in [9.17, 15) is 0 Å². The Bertz CT molecular complexity index is 352.